The summed E-state index contributed by atoms with van der Waals surface area (Å²) in [6.07, 6.45) is 7.50. The van der Waals surface area contributed by atoms with E-state index in [1.807, 2.05) is 25.1 Å². The molecule has 360 valence electrons. The summed E-state index contributed by atoms with van der Waals surface area (Å²) in [6, 6.07) is 23.1. The number of pyridine rings is 1. The van der Waals surface area contributed by atoms with Crippen molar-refractivity contribution >= 4 is 63.2 Å². The van der Waals surface area contributed by atoms with Gasteiger partial charge < -0.3 is 45.4 Å². The lowest BCUT2D eigenvalue weighted by molar-refractivity contribution is -0.131. The number of amides is 5. The third-order valence-electron chi connectivity index (χ3n) is 14.3. The molecule has 16 heteroatoms. The number of hydrogen-bond donors (Lipinski definition) is 4. The predicted octanol–water partition coefficient (Wildman–Crippen LogP) is 7.97. The first-order valence-electron chi connectivity index (χ1n) is 24.0. The predicted molar refractivity (Wildman–Crippen MR) is 262 cm³/mol. The van der Waals surface area contributed by atoms with Crippen LogP contribution >= 0.6 is 0 Å². The number of likely N-dealkylation sites (N-methyl/N-ethyl adjacent to an activating group) is 1. The number of nitrogens with zero attached hydrogens (tertiary/aromatic N) is 4. The molecule has 1 aromatic heterocycles. The Labute approximate surface area is 401 Å². The van der Waals surface area contributed by atoms with Gasteiger partial charge in [-0.1, -0.05) is 13.0 Å². The van der Waals surface area contributed by atoms with Crippen LogP contribution in [0.15, 0.2) is 91.1 Å². The van der Waals surface area contributed by atoms with Gasteiger partial charge in [-0.05, 0) is 149 Å². The van der Waals surface area contributed by atoms with Crippen molar-refractivity contribution in [2.75, 3.05) is 67.7 Å². The minimum atomic E-state index is -1.17. The maximum atomic E-state index is 13.3. The summed E-state index contributed by atoms with van der Waals surface area (Å²) in [5, 5.41) is 12.1. The van der Waals surface area contributed by atoms with Crippen molar-refractivity contribution in [1.82, 2.24) is 20.1 Å². The Balaban J connectivity index is 0.739. The van der Waals surface area contributed by atoms with Crippen LogP contribution in [0.5, 0.6) is 17.2 Å². The van der Waals surface area contributed by atoms with E-state index >= 15 is 0 Å². The average molecular weight is 939 g/mol. The van der Waals surface area contributed by atoms with Gasteiger partial charge in [0.1, 0.15) is 34.5 Å². The van der Waals surface area contributed by atoms with E-state index in [1.165, 1.54) is 24.3 Å². The van der Waals surface area contributed by atoms with E-state index in [1.54, 1.807) is 61.7 Å². The fourth-order valence-electron chi connectivity index (χ4n) is 10.1. The van der Waals surface area contributed by atoms with E-state index in [-0.39, 0.29) is 30.2 Å². The number of carbonyl (C=O) groups is 5. The lowest BCUT2D eigenvalue weighted by atomic mass is 9.90. The largest absolute Gasteiger partial charge is 0.495 e. The van der Waals surface area contributed by atoms with Gasteiger partial charge in [-0.3, -0.25) is 29.0 Å². The summed E-state index contributed by atoms with van der Waals surface area (Å²) in [5.74, 6) is 1.09. The molecule has 69 heavy (non-hydrogen) atoms. The molecule has 4 N–H and O–H groups in total. The van der Waals surface area contributed by atoms with E-state index in [0.29, 0.717) is 65.7 Å². The lowest BCUT2D eigenvalue weighted by Gasteiger charge is -2.38. The van der Waals surface area contributed by atoms with Crippen molar-refractivity contribution in [3.63, 3.8) is 0 Å². The fraction of sp³-hybridized carbons (Fsp3) is 0.396. The number of aromatic nitrogens is 1. The first kappa shape index (κ1) is 47.0. The maximum Gasteiger partial charge on any atom is 0.255 e. The van der Waals surface area contributed by atoms with Gasteiger partial charge in [0.2, 0.25) is 23.6 Å². The van der Waals surface area contributed by atoms with Crippen molar-refractivity contribution in [1.29, 1.82) is 0 Å². The highest BCUT2D eigenvalue weighted by molar-refractivity contribution is 6.17. The molecule has 4 aromatic carbocycles. The van der Waals surface area contributed by atoms with E-state index in [9.17, 15) is 28.4 Å². The number of carbonyl (C=O) groups excluding carboxylic acids is 5. The number of methoxy groups -OCH3 is 1. The zero-order chi connectivity index (χ0) is 48.2. The molecule has 1 saturated carbocycles. The van der Waals surface area contributed by atoms with Gasteiger partial charge in [0.25, 0.3) is 5.91 Å². The molecule has 5 amide bonds. The molecule has 0 bridgehead atoms. The smallest absolute Gasteiger partial charge is 0.255 e. The van der Waals surface area contributed by atoms with E-state index in [0.717, 1.165) is 86.3 Å². The van der Waals surface area contributed by atoms with Crippen LogP contribution in [0.1, 0.15) is 74.2 Å². The molecule has 3 aliphatic heterocycles. The maximum absolute atomic E-state index is 13.3. The van der Waals surface area contributed by atoms with Gasteiger partial charge >= 0.3 is 0 Å². The van der Waals surface area contributed by atoms with Gasteiger partial charge in [0.05, 0.1) is 18.3 Å². The van der Waals surface area contributed by atoms with Gasteiger partial charge in [-0.25, -0.2) is 4.39 Å². The van der Waals surface area contributed by atoms with Crippen LogP contribution in [-0.4, -0.2) is 97.2 Å². The Morgan fingerprint density at radius 1 is 0.826 bits per heavy atom. The Morgan fingerprint density at radius 3 is 2.13 bits per heavy atom. The highest BCUT2D eigenvalue weighted by Crippen LogP contribution is 2.48. The number of fused-ring (bicyclic) bond motifs is 2. The zero-order valence-electron chi connectivity index (χ0n) is 39.3. The summed E-state index contributed by atoms with van der Waals surface area (Å²) < 4.78 is 25.6. The first-order valence-corrected chi connectivity index (χ1v) is 24.0. The molecule has 15 nitrogen and oxygen atoms in total. The molecule has 0 spiro atoms. The second-order valence-corrected chi connectivity index (χ2v) is 18.7. The average Bonchev–Trinajstić information content (AvgIpc) is 4.12. The molecule has 2 saturated heterocycles. The van der Waals surface area contributed by atoms with Gasteiger partial charge in [-0.15, -0.1) is 0 Å². The van der Waals surface area contributed by atoms with Gasteiger partial charge in [0.15, 0.2) is 0 Å². The SMILES string of the molecule is CC[C@@H](C(=O)NC)N1Cc2c(NC(=O)CC3CCN(CC4CCN(c5cc6nccc(Oc7ccc(NC(=O)C8(C(=O)Nc9ccc(F)cc9)CC8)cc7)c6cc5OC)CC4)CC3)cccc2C1=O. The summed E-state index contributed by atoms with van der Waals surface area (Å²) in [7, 11) is 3.25. The van der Waals surface area contributed by atoms with Crippen LogP contribution in [0.25, 0.3) is 10.9 Å². The number of likely N-dealkylation sites (tertiary alicyclic amines) is 1. The second-order valence-electron chi connectivity index (χ2n) is 18.7. The summed E-state index contributed by atoms with van der Waals surface area (Å²) >= 11 is 0. The summed E-state index contributed by atoms with van der Waals surface area (Å²) in [6.45, 7) is 6.90. The van der Waals surface area contributed by atoms with Crippen LogP contribution in [0.4, 0.5) is 27.1 Å². The molecule has 4 aliphatic rings. The molecule has 1 aliphatic carbocycles. The van der Waals surface area contributed by atoms with Crippen molar-refractivity contribution in [2.24, 2.45) is 17.3 Å². The van der Waals surface area contributed by atoms with Crippen LogP contribution in [0.3, 0.4) is 0 Å². The molecule has 1 atom stereocenters. The molecule has 0 unspecified atom stereocenters. The minimum absolute atomic E-state index is 0.0469. The Bertz CT molecular complexity index is 2730. The number of hydrogen-bond acceptors (Lipinski definition) is 10. The highest BCUT2D eigenvalue weighted by atomic mass is 19.1. The third-order valence-corrected chi connectivity index (χ3v) is 14.3. The number of benzene rings is 4. The van der Waals surface area contributed by atoms with Crippen molar-refractivity contribution < 1.29 is 37.8 Å². The number of rotatable bonds is 16. The van der Waals surface area contributed by atoms with E-state index in [2.05, 4.69) is 37.1 Å². The van der Waals surface area contributed by atoms with Crippen molar-refractivity contribution in [2.45, 2.75) is 70.9 Å². The Hall–Kier alpha value is -7.07. The molecular formula is C53H59FN8O7. The number of piperidine rings is 2. The second kappa shape index (κ2) is 20.3. The van der Waals surface area contributed by atoms with Gasteiger partial charge in [0, 0.05) is 79.4 Å². The number of anilines is 4. The van der Waals surface area contributed by atoms with Crippen LogP contribution < -0.4 is 35.6 Å². The Kier molecular flexibility index (Phi) is 13.8. The molecular weight excluding hydrogens is 880 g/mol. The van der Waals surface area contributed by atoms with Gasteiger partial charge in [-0.2, -0.15) is 0 Å². The molecule has 3 fully saturated rings. The number of ether oxygens (including phenoxy) is 2. The van der Waals surface area contributed by atoms with Crippen LogP contribution in [-0.2, 0) is 25.7 Å². The van der Waals surface area contributed by atoms with Crippen LogP contribution in [0, 0.1) is 23.1 Å². The van der Waals surface area contributed by atoms with Crippen LogP contribution in [0.2, 0.25) is 0 Å². The highest BCUT2D eigenvalue weighted by Gasteiger charge is 2.56. The molecule has 0 radical (unpaired) electrons. The van der Waals surface area contributed by atoms with E-state index in [4.69, 9.17) is 14.5 Å². The minimum Gasteiger partial charge on any atom is -0.495 e. The molecule has 9 rings (SSSR count). The first-order chi connectivity index (χ1) is 33.4. The zero-order valence-corrected chi connectivity index (χ0v) is 39.3. The number of halogens is 1. The topological polar surface area (TPSA) is 175 Å². The third kappa shape index (κ3) is 10.2. The summed E-state index contributed by atoms with van der Waals surface area (Å²) in [4.78, 5) is 76.5. The molecule has 5 aromatic rings. The summed E-state index contributed by atoms with van der Waals surface area (Å²) in [5.41, 5.74) is 3.49. The molecule has 4 heterocycles. The fourth-order valence-corrected chi connectivity index (χ4v) is 10.1. The van der Waals surface area contributed by atoms with Crippen molar-refractivity contribution in [3.05, 3.63) is 108 Å². The lowest BCUT2D eigenvalue weighted by Crippen LogP contribution is -2.45. The quantitative estimate of drug-likeness (QED) is 0.0711. The monoisotopic (exact) mass is 938 g/mol. The standard InChI is InChI=1S/C53H59FN8O7/c1-4-44(49(64)55-2)62-32-41-39(50(62)65)6-5-7-42(41)59-48(63)28-33-17-24-60(25-18-33)31-34-19-26-61(27-20-34)45-30-43-40(29-47(45)68-3)46(16-23-56-43)69-38-14-12-37(13-15-38)58-52(67)53(21-22-53)51(66)57-36-10-8-35(54)9-11-36/h5-16,23,29-30,33-34,44H,4,17-22,24-28,31-32H2,1-3H3,(H,55,64)(H,57,66)(H,58,67)(H,59,63)/t44-/m0/s1. The normalized spacial score (nSPS) is 17.5. The van der Waals surface area contributed by atoms with E-state index < -0.39 is 29.1 Å². The van der Waals surface area contributed by atoms with Crippen molar-refractivity contribution in [3.8, 4) is 17.2 Å². The Morgan fingerprint density at radius 2 is 1.49 bits per heavy atom. The number of nitrogens with one attached hydrogen (secondary N) is 4.